The van der Waals surface area contributed by atoms with E-state index in [1.165, 1.54) is 21.0 Å². The van der Waals surface area contributed by atoms with E-state index in [0.29, 0.717) is 5.92 Å². The topological polar surface area (TPSA) is 38.0 Å². The second kappa shape index (κ2) is 7.89. The van der Waals surface area contributed by atoms with Crippen molar-refractivity contribution in [2.45, 2.75) is 49.8 Å². The van der Waals surface area contributed by atoms with Crippen molar-refractivity contribution in [1.82, 2.24) is 9.55 Å². The molecule has 3 nitrogen and oxygen atoms in total. The molecule has 0 spiro atoms. The number of aliphatic hydroxyl groups is 1. The molecule has 4 heteroatoms. The van der Waals surface area contributed by atoms with E-state index in [-0.39, 0.29) is 6.61 Å². The molecule has 0 aliphatic rings. The molecule has 0 radical (unpaired) electrons. The molecule has 0 amide bonds. The summed E-state index contributed by atoms with van der Waals surface area (Å²) in [6, 6.07) is 14.5. The Morgan fingerprint density at radius 3 is 2.36 bits per heavy atom. The smallest absolute Gasteiger partial charge is 0.0840 e. The second-order valence-electron chi connectivity index (χ2n) is 6.45. The predicted octanol–water partition coefficient (Wildman–Crippen LogP) is 5.01. The van der Waals surface area contributed by atoms with E-state index in [9.17, 15) is 5.11 Å². The van der Waals surface area contributed by atoms with E-state index >= 15 is 0 Å². The van der Waals surface area contributed by atoms with Crippen LogP contribution in [0, 0.1) is 6.92 Å². The van der Waals surface area contributed by atoms with Gasteiger partial charge in [0.15, 0.2) is 0 Å². The molecule has 2 heterocycles. The molecule has 1 N–H and O–H groups in total. The van der Waals surface area contributed by atoms with Gasteiger partial charge in [-0.15, -0.1) is 0 Å². The lowest BCUT2D eigenvalue weighted by molar-refractivity contribution is 0.279. The van der Waals surface area contributed by atoms with Crippen molar-refractivity contribution in [1.29, 1.82) is 0 Å². The molecule has 2 aromatic heterocycles. The maximum Gasteiger partial charge on any atom is 0.0840 e. The van der Waals surface area contributed by atoms with Gasteiger partial charge < -0.3 is 9.67 Å². The highest BCUT2D eigenvalue weighted by Crippen LogP contribution is 2.39. The van der Waals surface area contributed by atoms with Crippen molar-refractivity contribution in [3.8, 4) is 0 Å². The molecule has 0 saturated heterocycles. The Labute approximate surface area is 153 Å². The Kier molecular flexibility index (Phi) is 5.61. The number of aliphatic hydroxyl groups excluding tert-OH is 1. The summed E-state index contributed by atoms with van der Waals surface area (Å²) >= 11 is 1.78. The maximum atomic E-state index is 9.99. The van der Waals surface area contributed by atoms with Gasteiger partial charge in [0.1, 0.15) is 0 Å². The lowest BCUT2D eigenvalue weighted by atomic mass is 10.0. The standard InChI is InChI=1S/C21H24N2OS/c1-15(2)20-19(14-24)16(3)23(13-17-9-11-22-12-10-17)21(20)25-18-7-5-4-6-8-18/h4-12,15,24H,13-14H2,1-3H3. The van der Waals surface area contributed by atoms with Gasteiger partial charge in [0.25, 0.3) is 0 Å². The lowest BCUT2D eigenvalue weighted by Gasteiger charge is -2.14. The van der Waals surface area contributed by atoms with Crippen LogP contribution in [0.1, 0.15) is 42.1 Å². The van der Waals surface area contributed by atoms with E-state index < -0.39 is 0 Å². The summed E-state index contributed by atoms with van der Waals surface area (Å²) < 4.78 is 2.33. The minimum Gasteiger partial charge on any atom is -0.392 e. The molecule has 3 rings (SSSR count). The van der Waals surface area contributed by atoms with Gasteiger partial charge in [-0.25, -0.2) is 0 Å². The Morgan fingerprint density at radius 1 is 1.08 bits per heavy atom. The van der Waals surface area contributed by atoms with Gasteiger partial charge in [0, 0.05) is 35.1 Å². The highest BCUT2D eigenvalue weighted by atomic mass is 32.2. The SMILES string of the molecule is Cc1c(CO)c(C(C)C)c(Sc2ccccc2)n1Cc1ccncc1. The van der Waals surface area contributed by atoms with Crippen LogP contribution in [-0.2, 0) is 13.2 Å². The third-order valence-corrected chi connectivity index (χ3v) is 5.57. The minimum absolute atomic E-state index is 0.0744. The molecule has 25 heavy (non-hydrogen) atoms. The van der Waals surface area contributed by atoms with Crippen molar-refractivity contribution >= 4 is 11.8 Å². The summed E-state index contributed by atoms with van der Waals surface area (Å²) in [7, 11) is 0. The molecule has 0 aliphatic heterocycles. The first-order chi connectivity index (χ1) is 12.1. The van der Waals surface area contributed by atoms with Crippen molar-refractivity contribution in [2.24, 2.45) is 0 Å². The quantitative estimate of drug-likeness (QED) is 0.678. The molecule has 0 fully saturated rings. The fourth-order valence-corrected chi connectivity index (χ4v) is 4.45. The molecule has 0 saturated carbocycles. The van der Waals surface area contributed by atoms with Crippen LogP contribution in [0.3, 0.4) is 0 Å². The first kappa shape index (κ1) is 17.8. The molecular formula is C21H24N2OS. The summed E-state index contributed by atoms with van der Waals surface area (Å²) in [5.74, 6) is 0.353. The summed E-state index contributed by atoms with van der Waals surface area (Å²) in [6.45, 7) is 7.35. The summed E-state index contributed by atoms with van der Waals surface area (Å²) in [4.78, 5) is 5.32. The van der Waals surface area contributed by atoms with Crippen LogP contribution < -0.4 is 0 Å². The Morgan fingerprint density at radius 2 is 1.76 bits per heavy atom. The zero-order chi connectivity index (χ0) is 17.8. The number of hydrogen-bond acceptors (Lipinski definition) is 3. The fraction of sp³-hybridized carbons (Fsp3) is 0.286. The Balaban J connectivity index is 2.11. The van der Waals surface area contributed by atoms with Crippen LogP contribution in [0.25, 0.3) is 0 Å². The van der Waals surface area contributed by atoms with Gasteiger partial charge in [0.2, 0.25) is 0 Å². The third kappa shape index (κ3) is 3.80. The number of benzene rings is 1. The first-order valence-corrected chi connectivity index (χ1v) is 9.38. The van der Waals surface area contributed by atoms with E-state index in [0.717, 1.165) is 17.8 Å². The zero-order valence-corrected chi connectivity index (χ0v) is 15.8. The number of aromatic nitrogens is 2. The van der Waals surface area contributed by atoms with Crippen molar-refractivity contribution in [2.75, 3.05) is 0 Å². The van der Waals surface area contributed by atoms with E-state index in [1.54, 1.807) is 11.8 Å². The van der Waals surface area contributed by atoms with Crippen LogP contribution in [0.2, 0.25) is 0 Å². The molecule has 0 atom stereocenters. The summed E-state index contributed by atoms with van der Waals surface area (Å²) in [5, 5.41) is 11.2. The van der Waals surface area contributed by atoms with Gasteiger partial charge in [-0.3, -0.25) is 4.98 Å². The Hall–Kier alpha value is -2.04. The molecule has 0 bridgehead atoms. The summed E-state index contributed by atoms with van der Waals surface area (Å²) in [6.07, 6.45) is 3.66. The van der Waals surface area contributed by atoms with E-state index in [1.807, 2.05) is 30.6 Å². The Bertz CT molecular complexity index is 826. The molecular weight excluding hydrogens is 328 g/mol. The molecule has 3 aromatic rings. The second-order valence-corrected chi connectivity index (χ2v) is 7.51. The number of nitrogens with zero attached hydrogens (tertiary/aromatic N) is 2. The van der Waals surface area contributed by atoms with Crippen LogP contribution in [0.4, 0.5) is 0 Å². The molecule has 1 aromatic carbocycles. The average molecular weight is 353 g/mol. The van der Waals surface area contributed by atoms with E-state index in [4.69, 9.17) is 0 Å². The molecule has 130 valence electrons. The third-order valence-electron chi connectivity index (χ3n) is 4.43. The van der Waals surface area contributed by atoms with Crippen LogP contribution in [-0.4, -0.2) is 14.7 Å². The van der Waals surface area contributed by atoms with Crippen molar-refractivity contribution in [3.63, 3.8) is 0 Å². The van der Waals surface area contributed by atoms with Crippen LogP contribution in [0.15, 0.2) is 64.8 Å². The maximum absolute atomic E-state index is 9.99. The van der Waals surface area contributed by atoms with Crippen LogP contribution in [0.5, 0.6) is 0 Å². The zero-order valence-electron chi connectivity index (χ0n) is 14.9. The number of pyridine rings is 1. The lowest BCUT2D eigenvalue weighted by Crippen LogP contribution is -2.04. The summed E-state index contributed by atoms with van der Waals surface area (Å²) in [5.41, 5.74) is 4.66. The van der Waals surface area contributed by atoms with Crippen molar-refractivity contribution < 1.29 is 5.11 Å². The highest BCUT2D eigenvalue weighted by molar-refractivity contribution is 7.99. The number of rotatable bonds is 6. The van der Waals surface area contributed by atoms with Crippen molar-refractivity contribution in [3.05, 3.63) is 77.2 Å². The highest BCUT2D eigenvalue weighted by Gasteiger charge is 2.22. The van der Waals surface area contributed by atoms with E-state index in [2.05, 4.69) is 54.6 Å². The van der Waals surface area contributed by atoms with Gasteiger partial charge in [-0.05, 0) is 48.2 Å². The van der Waals surface area contributed by atoms with Gasteiger partial charge in [-0.2, -0.15) is 0 Å². The fourth-order valence-electron chi connectivity index (χ4n) is 3.15. The van der Waals surface area contributed by atoms with Gasteiger partial charge in [0.05, 0.1) is 11.6 Å². The first-order valence-electron chi connectivity index (χ1n) is 8.56. The van der Waals surface area contributed by atoms with Crippen LogP contribution >= 0.6 is 11.8 Å². The minimum atomic E-state index is 0.0744. The average Bonchev–Trinajstić information content (AvgIpc) is 2.89. The largest absolute Gasteiger partial charge is 0.392 e. The normalized spacial score (nSPS) is 11.2. The van der Waals surface area contributed by atoms with Gasteiger partial charge in [-0.1, -0.05) is 43.8 Å². The monoisotopic (exact) mass is 352 g/mol. The predicted molar refractivity (Wildman–Crippen MR) is 103 cm³/mol. The molecule has 0 unspecified atom stereocenters. The number of hydrogen-bond donors (Lipinski definition) is 1. The molecule has 0 aliphatic carbocycles. The van der Waals surface area contributed by atoms with Gasteiger partial charge >= 0.3 is 0 Å².